The highest BCUT2D eigenvalue weighted by Crippen LogP contribution is 2.38. The summed E-state index contributed by atoms with van der Waals surface area (Å²) in [7, 11) is 0. The van der Waals surface area contributed by atoms with Gasteiger partial charge in [0.25, 0.3) is 0 Å². The van der Waals surface area contributed by atoms with Crippen molar-refractivity contribution in [1.29, 1.82) is 0 Å². The van der Waals surface area contributed by atoms with Crippen LogP contribution in [-0.4, -0.2) is 29.2 Å². The highest BCUT2D eigenvalue weighted by atomic mass is 35.5. The fourth-order valence-corrected chi connectivity index (χ4v) is 4.74. The van der Waals surface area contributed by atoms with Crippen LogP contribution in [0.15, 0.2) is 48.5 Å². The predicted octanol–water partition coefficient (Wildman–Crippen LogP) is 6.28. The number of aromatic amines is 1. The number of aromatic nitrogens is 2. The fourth-order valence-electron chi connectivity index (χ4n) is 4.62. The number of H-pyrrole nitrogens is 1. The quantitative estimate of drug-likeness (QED) is 0.447. The van der Waals surface area contributed by atoms with Gasteiger partial charge in [-0.2, -0.15) is 0 Å². The molecule has 0 amide bonds. The molecule has 6 heteroatoms. The van der Waals surface area contributed by atoms with Crippen molar-refractivity contribution in [1.82, 2.24) is 15.3 Å². The fraction of sp³-hybridized carbons (Fsp3) is 0.458. The van der Waals surface area contributed by atoms with E-state index in [0.29, 0.717) is 11.8 Å². The highest BCUT2D eigenvalue weighted by molar-refractivity contribution is 6.30. The Morgan fingerprint density at radius 2 is 1.87 bits per heavy atom. The number of hydrogen-bond acceptors (Lipinski definition) is 3. The number of fused-ring (bicyclic) bond motifs is 1. The van der Waals surface area contributed by atoms with Crippen LogP contribution in [0.4, 0.5) is 0 Å². The lowest BCUT2D eigenvalue weighted by molar-refractivity contribution is -0.0536. The SMILES string of the molecule is CCCC1CNCC(OC(CC)c2nc3ccccc3[nH]2)C1c1ccc(Cl)cc1.Cl. The Morgan fingerprint density at radius 3 is 2.57 bits per heavy atom. The van der Waals surface area contributed by atoms with Gasteiger partial charge in [0.2, 0.25) is 0 Å². The third-order valence-corrected chi connectivity index (χ3v) is 6.25. The van der Waals surface area contributed by atoms with Crippen molar-refractivity contribution in [3.05, 3.63) is 64.9 Å². The van der Waals surface area contributed by atoms with Crippen molar-refractivity contribution in [3.8, 4) is 0 Å². The molecule has 1 aromatic heterocycles. The van der Waals surface area contributed by atoms with Crippen LogP contribution in [0.2, 0.25) is 5.02 Å². The summed E-state index contributed by atoms with van der Waals surface area (Å²) in [4.78, 5) is 8.26. The first-order chi connectivity index (χ1) is 14.2. The van der Waals surface area contributed by atoms with Gasteiger partial charge in [-0.25, -0.2) is 4.98 Å². The first kappa shape index (κ1) is 23.1. The summed E-state index contributed by atoms with van der Waals surface area (Å²) in [6, 6.07) is 16.5. The molecule has 3 aromatic rings. The van der Waals surface area contributed by atoms with Gasteiger partial charge in [0.05, 0.1) is 17.1 Å². The van der Waals surface area contributed by atoms with Crippen LogP contribution in [-0.2, 0) is 4.74 Å². The van der Waals surface area contributed by atoms with Crippen LogP contribution >= 0.6 is 24.0 Å². The molecule has 1 aliphatic heterocycles. The number of imidazole rings is 1. The van der Waals surface area contributed by atoms with Crippen LogP contribution in [0.5, 0.6) is 0 Å². The van der Waals surface area contributed by atoms with Gasteiger partial charge in [0.15, 0.2) is 0 Å². The zero-order valence-electron chi connectivity index (χ0n) is 17.6. The minimum Gasteiger partial charge on any atom is -0.365 e. The van der Waals surface area contributed by atoms with E-state index >= 15 is 0 Å². The van der Waals surface area contributed by atoms with E-state index in [2.05, 4.69) is 42.3 Å². The van der Waals surface area contributed by atoms with Crippen LogP contribution in [0.1, 0.15) is 56.5 Å². The van der Waals surface area contributed by atoms with E-state index in [1.807, 2.05) is 30.3 Å². The smallest absolute Gasteiger partial charge is 0.136 e. The number of benzene rings is 2. The zero-order valence-corrected chi connectivity index (χ0v) is 19.2. The molecule has 4 rings (SSSR count). The molecule has 2 heterocycles. The largest absolute Gasteiger partial charge is 0.365 e. The van der Waals surface area contributed by atoms with Crippen LogP contribution < -0.4 is 5.32 Å². The summed E-state index contributed by atoms with van der Waals surface area (Å²) in [5, 5.41) is 4.39. The number of para-hydroxylation sites is 2. The van der Waals surface area contributed by atoms with Gasteiger partial charge < -0.3 is 15.0 Å². The third-order valence-electron chi connectivity index (χ3n) is 6.00. The van der Waals surface area contributed by atoms with Crippen LogP contribution in [0.25, 0.3) is 11.0 Å². The molecule has 1 saturated heterocycles. The van der Waals surface area contributed by atoms with Gasteiger partial charge in [-0.1, -0.05) is 56.1 Å². The molecule has 0 bridgehead atoms. The summed E-state index contributed by atoms with van der Waals surface area (Å²) in [5.74, 6) is 1.82. The number of rotatable bonds is 7. The highest BCUT2D eigenvalue weighted by Gasteiger charge is 2.36. The first-order valence-electron chi connectivity index (χ1n) is 10.8. The molecule has 1 fully saturated rings. The van der Waals surface area contributed by atoms with Crippen LogP contribution in [0.3, 0.4) is 0 Å². The summed E-state index contributed by atoms with van der Waals surface area (Å²) in [6.07, 6.45) is 3.28. The van der Waals surface area contributed by atoms with E-state index in [9.17, 15) is 0 Å². The molecule has 0 saturated carbocycles. The van der Waals surface area contributed by atoms with Gasteiger partial charge in [-0.05, 0) is 55.1 Å². The molecular weight excluding hydrogens is 417 g/mol. The Balaban J connectivity index is 0.00000256. The number of ether oxygens (including phenoxy) is 1. The topological polar surface area (TPSA) is 49.9 Å². The summed E-state index contributed by atoms with van der Waals surface area (Å²) < 4.78 is 6.74. The molecule has 0 spiro atoms. The van der Waals surface area contributed by atoms with E-state index in [4.69, 9.17) is 21.3 Å². The zero-order chi connectivity index (χ0) is 20.2. The van der Waals surface area contributed by atoms with E-state index in [0.717, 1.165) is 41.4 Å². The van der Waals surface area contributed by atoms with Crippen molar-refractivity contribution < 1.29 is 4.74 Å². The first-order valence-corrected chi connectivity index (χ1v) is 11.1. The molecule has 30 heavy (non-hydrogen) atoms. The second-order valence-electron chi connectivity index (χ2n) is 7.99. The van der Waals surface area contributed by atoms with Crippen LogP contribution in [0, 0.1) is 5.92 Å². The molecule has 2 N–H and O–H groups in total. The summed E-state index contributed by atoms with van der Waals surface area (Å²) in [6.45, 7) is 6.30. The minimum atomic E-state index is -0.0515. The molecular formula is C24H31Cl2N3O. The monoisotopic (exact) mass is 447 g/mol. The molecule has 0 radical (unpaired) electrons. The number of nitrogens with one attached hydrogen (secondary N) is 2. The number of hydrogen-bond donors (Lipinski definition) is 2. The maximum Gasteiger partial charge on any atom is 0.136 e. The molecule has 4 nitrogen and oxygen atoms in total. The second kappa shape index (κ2) is 10.6. The number of halogens is 2. The lowest BCUT2D eigenvalue weighted by Crippen LogP contribution is -2.47. The Kier molecular flexibility index (Phi) is 8.18. The van der Waals surface area contributed by atoms with Gasteiger partial charge >= 0.3 is 0 Å². The molecule has 4 atom stereocenters. The molecule has 0 aliphatic carbocycles. The van der Waals surface area contributed by atoms with E-state index in [1.165, 1.54) is 18.4 Å². The number of nitrogens with zero attached hydrogens (tertiary/aromatic N) is 1. The lowest BCUT2D eigenvalue weighted by Gasteiger charge is -2.40. The van der Waals surface area contributed by atoms with Crippen molar-refractivity contribution in [2.24, 2.45) is 5.92 Å². The van der Waals surface area contributed by atoms with E-state index in [-0.39, 0.29) is 24.6 Å². The average molecular weight is 448 g/mol. The average Bonchev–Trinajstić information content (AvgIpc) is 3.17. The molecule has 162 valence electrons. The van der Waals surface area contributed by atoms with Crippen molar-refractivity contribution in [2.45, 2.75) is 51.2 Å². The van der Waals surface area contributed by atoms with Crippen molar-refractivity contribution >= 4 is 35.0 Å². The minimum absolute atomic E-state index is 0. The second-order valence-corrected chi connectivity index (χ2v) is 8.43. The Morgan fingerprint density at radius 1 is 1.10 bits per heavy atom. The maximum absolute atomic E-state index is 6.74. The molecule has 2 aromatic carbocycles. The molecule has 1 aliphatic rings. The normalized spacial score (nSPS) is 22.6. The standard InChI is InChI=1S/C24H30ClN3O.ClH/c1-3-7-17-14-26-15-22(23(17)16-10-12-18(25)13-11-16)29-21(4-2)24-27-19-8-5-6-9-20(19)28-24;/h5-6,8-13,17,21-23,26H,3-4,7,14-15H2,1-2H3,(H,27,28);1H. The summed E-state index contributed by atoms with van der Waals surface area (Å²) in [5.41, 5.74) is 3.37. The summed E-state index contributed by atoms with van der Waals surface area (Å²) >= 11 is 6.15. The van der Waals surface area contributed by atoms with E-state index < -0.39 is 0 Å². The van der Waals surface area contributed by atoms with Gasteiger partial charge in [-0.15, -0.1) is 12.4 Å². The van der Waals surface area contributed by atoms with Gasteiger partial charge in [0, 0.05) is 17.5 Å². The Hall–Kier alpha value is -1.59. The third kappa shape index (κ3) is 5.00. The molecule has 4 unspecified atom stereocenters. The lowest BCUT2D eigenvalue weighted by atomic mass is 9.77. The predicted molar refractivity (Wildman–Crippen MR) is 127 cm³/mol. The number of piperidine rings is 1. The van der Waals surface area contributed by atoms with Gasteiger partial charge in [-0.3, -0.25) is 0 Å². The maximum atomic E-state index is 6.74. The van der Waals surface area contributed by atoms with Gasteiger partial charge in [0.1, 0.15) is 11.9 Å². The Bertz CT molecular complexity index is 893. The van der Waals surface area contributed by atoms with E-state index in [1.54, 1.807) is 0 Å². The van der Waals surface area contributed by atoms with Crippen molar-refractivity contribution in [2.75, 3.05) is 13.1 Å². The van der Waals surface area contributed by atoms with Crippen molar-refractivity contribution in [3.63, 3.8) is 0 Å². The Labute approximate surface area is 190 Å².